The van der Waals surface area contributed by atoms with E-state index in [9.17, 15) is 4.79 Å². The molecule has 0 radical (unpaired) electrons. The Kier molecular flexibility index (Phi) is 7.60. The highest BCUT2D eigenvalue weighted by molar-refractivity contribution is 6.17. The molecule has 0 aromatic rings. The topological polar surface area (TPSA) is 32.3 Å². The van der Waals surface area contributed by atoms with E-state index in [1.54, 1.807) is 0 Å². The molecule has 0 bridgehead atoms. The van der Waals surface area contributed by atoms with E-state index in [1.807, 2.05) is 0 Å². The number of halogens is 1. The van der Waals surface area contributed by atoms with E-state index < -0.39 is 0 Å². The van der Waals surface area contributed by atoms with E-state index in [0.717, 1.165) is 19.4 Å². The van der Waals surface area contributed by atoms with Crippen molar-refractivity contribution in [3.8, 4) is 0 Å². The van der Waals surface area contributed by atoms with Gasteiger partial charge in [-0.15, -0.1) is 11.6 Å². The maximum atomic E-state index is 11.2. The lowest BCUT2D eigenvalue weighted by molar-refractivity contribution is -0.121. The molecule has 0 aromatic carbocycles. The minimum absolute atomic E-state index is 0.141. The van der Waals surface area contributed by atoms with Crippen molar-refractivity contribution < 1.29 is 4.79 Å². The third kappa shape index (κ3) is 6.33. The van der Waals surface area contributed by atoms with E-state index in [-0.39, 0.29) is 5.91 Å². The molecular formula is C12H23ClN2O. The standard InChI is InChI=1S/C12H23ClN2O/c13-7-5-6-12(16)14-8-1-2-9-15-10-3-4-11-15/h1-11H2,(H,14,16). The van der Waals surface area contributed by atoms with E-state index in [2.05, 4.69) is 10.2 Å². The Morgan fingerprint density at radius 2 is 1.94 bits per heavy atom. The first kappa shape index (κ1) is 13.8. The van der Waals surface area contributed by atoms with Gasteiger partial charge in [-0.05, 0) is 51.7 Å². The zero-order chi connectivity index (χ0) is 11.6. The van der Waals surface area contributed by atoms with Crippen molar-refractivity contribution >= 4 is 17.5 Å². The Morgan fingerprint density at radius 1 is 1.19 bits per heavy atom. The first-order chi connectivity index (χ1) is 7.83. The monoisotopic (exact) mass is 246 g/mol. The van der Waals surface area contributed by atoms with Gasteiger partial charge in [-0.2, -0.15) is 0 Å². The number of unbranched alkanes of at least 4 members (excludes halogenated alkanes) is 1. The van der Waals surface area contributed by atoms with Crippen molar-refractivity contribution in [2.45, 2.75) is 38.5 Å². The fourth-order valence-electron chi connectivity index (χ4n) is 2.01. The number of carbonyl (C=O) groups is 1. The minimum Gasteiger partial charge on any atom is -0.356 e. The lowest BCUT2D eigenvalue weighted by Crippen LogP contribution is -2.26. The molecule has 1 heterocycles. The number of carbonyl (C=O) groups excluding carboxylic acids is 1. The largest absolute Gasteiger partial charge is 0.356 e. The Morgan fingerprint density at radius 3 is 2.62 bits per heavy atom. The first-order valence-corrected chi connectivity index (χ1v) is 6.91. The Balaban J connectivity index is 1.85. The van der Waals surface area contributed by atoms with Gasteiger partial charge in [-0.1, -0.05) is 0 Å². The van der Waals surface area contributed by atoms with Crippen LogP contribution in [0.25, 0.3) is 0 Å². The maximum absolute atomic E-state index is 11.2. The lowest BCUT2D eigenvalue weighted by atomic mass is 10.2. The Hall–Kier alpha value is -0.280. The fraction of sp³-hybridized carbons (Fsp3) is 0.917. The van der Waals surface area contributed by atoms with Gasteiger partial charge in [0, 0.05) is 18.8 Å². The van der Waals surface area contributed by atoms with Crippen molar-refractivity contribution in [3.05, 3.63) is 0 Å². The van der Waals surface area contributed by atoms with Crippen LogP contribution in [-0.4, -0.2) is 42.9 Å². The van der Waals surface area contributed by atoms with Crippen LogP contribution in [0.15, 0.2) is 0 Å². The van der Waals surface area contributed by atoms with Crippen molar-refractivity contribution in [3.63, 3.8) is 0 Å². The summed E-state index contributed by atoms with van der Waals surface area (Å²) in [5.41, 5.74) is 0. The van der Waals surface area contributed by atoms with E-state index in [4.69, 9.17) is 11.6 Å². The van der Waals surface area contributed by atoms with Gasteiger partial charge in [0.2, 0.25) is 5.91 Å². The van der Waals surface area contributed by atoms with Crippen LogP contribution in [0.2, 0.25) is 0 Å². The summed E-state index contributed by atoms with van der Waals surface area (Å²) in [7, 11) is 0. The van der Waals surface area contributed by atoms with Crippen LogP contribution in [0.1, 0.15) is 38.5 Å². The molecule has 1 aliphatic rings. The number of nitrogens with zero attached hydrogens (tertiary/aromatic N) is 1. The highest BCUT2D eigenvalue weighted by Crippen LogP contribution is 2.07. The molecule has 94 valence electrons. The van der Waals surface area contributed by atoms with Crippen molar-refractivity contribution in [1.82, 2.24) is 10.2 Å². The maximum Gasteiger partial charge on any atom is 0.220 e. The zero-order valence-electron chi connectivity index (χ0n) is 10.0. The lowest BCUT2D eigenvalue weighted by Gasteiger charge is -2.13. The van der Waals surface area contributed by atoms with Gasteiger partial charge in [0.1, 0.15) is 0 Å². The van der Waals surface area contributed by atoms with Crippen molar-refractivity contribution in [2.75, 3.05) is 32.1 Å². The zero-order valence-corrected chi connectivity index (χ0v) is 10.8. The predicted octanol–water partition coefficient (Wildman–Crippen LogP) is 2.00. The number of rotatable bonds is 8. The Labute approximate surface area is 104 Å². The molecule has 0 aromatic heterocycles. The number of alkyl halides is 1. The summed E-state index contributed by atoms with van der Waals surface area (Å²) < 4.78 is 0. The van der Waals surface area contributed by atoms with Crippen LogP contribution in [0.5, 0.6) is 0 Å². The molecule has 0 atom stereocenters. The predicted molar refractivity (Wildman–Crippen MR) is 67.9 cm³/mol. The second-order valence-electron chi connectivity index (χ2n) is 4.40. The third-order valence-corrected chi connectivity index (χ3v) is 3.23. The molecule has 0 unspecified atom stereocenters. The van der Waals surface area contributed by atoms with Gasteiger partial charge in [0.05, 0.1) is 0 Å². The van der Waals surface area contributed by atoms with Crippen LogP contribution < -0.4 is 5.32 Å². The van der Waals surface area contributed by atoms with Crippen LogP contribution in [-0.2, 0) is 4.79 Å². The third-order valence-electron chi connectivity index (χ3n) is 2.96. The highest BCUT2D eigenvalue weighted by atomic mass is 35.5. The van der Waals surface area contributed by atoms with Gasteiger partial charge in [0.15, 0.2) is 0 Å². The molecule has 16 heavy (non-hydrogen) atoms. The van der Waals surface area contributed by atoms with Crippen LogP contribution in [0, 0.1) is 0 Å². The van der Waals surface area contributed by atoms with Gasteiger partial charge >= 0.3 is 0 Å². The summed E-state index contributed by atoms with van der Waals surface area (Å²) in [6, 6.07) is 0. The fourth-order valence-corrected chi connectivity index (χ4v) is 2.14. The van der Waals surface area contributed by atoms with E-state index in [1.165, 1.54) is 38.9 Å². The second-order valence-corrected chi connectivity index (χ2v) is 4.78. The molecule has 0 spiro atoms. The molecule has 3 nitrogen and oxygen atoms in total. The summed E-state index contributed by atoms with van der Waals surface area (Å²) in [6.45, 7) is 4.54. The molecule has 1 saturated heterocycles. The number of nitrogens with one attached hydrogen (secondary N) is 1. The van der Waals surface area contributed by atoms with Crippen molar-refractivity contribution in [2.24, 2.45) is 0 Å². The van der Waals surface area contributed by atoms with Crippen LogP contribution in [0.3, 0.4) is 0 Å². The molecule has 1 rings (SSSR count). The molecule has 0 aliphatic carbocycles. The first-order valence-electron chi connectivity index (χ1n) is 6.38. The van der Waals surface area contributed by atoms with Gasteiger partial charge in [-0.25, -0.2) is 0 Å². The van der Waals surface area contributed by atoms with Gasteiger partial charge in [0.25, 0.3) is 0 Å². The summed E-state index contributed by atoms with van der Waals surface area (Å²) >= 11 is 5.52. The van der Waals surface area contributed by atoms with Crippen LogP contribution >= 0.6 is 11.6 Å². The average molecular weight is 247 g/mol. The van der Waals surface area contributed by atoms with E-state index in [0.29, 0.717) is 12.3 Å². The number of hydrogen-bond donors (Lipinski definition) is 1. The molecule has 4 heteroatoms. The smallest absolute Gasteiger partial charge is 0.220 e. The molecule has 0 saturated carbocycles. The number of hydrogen-bond acceptors (Lipinski definition) is 2. The summed E-state index contributed by atoms with van der Waals surface area (Å²) in [5.74, 6) is 0.712. The SMILES string of the molecule is O=C(CCCCl)NCCCCN1CCCC1. The normalized spacial score (nSPS) is 16.6. The summed E-state index contributed by atoms with van der Waals surface area (Å²) in [6.07, 6.45) is 6.33. The molecule has 1 amide bonds. The van der Waals surface area contributed by atoms with Gasteiger partial charge in [-0.3, -0.25) is 4.79 Å². The van der Waals surface area contributed by atoms with Gasteiger partial charge < -0.3 is 10.2 Å². The summed E-state index contributed by atoms with van der Waals surface area (Å²) in [4.78, 5) is 13.8. The quantitative estimate of drug-likeness (QED) is 0.525. The van der Waals surface area contributed by atoms with Crippen LogP contribution in [0.4, 0.5) is 0 Å². The summed E-state index contributed by atoms with van der Waals surface area (Å²) in [5, 5.41) is 2.93. The molecular weight excluding hydrogens is 224 g/mol. The molecule has 1 fully saturated rings. The number of amides is 1. The average Bonchev–Trinajstić information content (AvgIpc) is 2.79. The van der Waals surface area contributed by atoms with Crippen molar-refractivity contribution in [1.29, 1.82) is 0 Å². The van der Waals surface area contributed by atoms with E-state index >= 15 is 0 Å². The second kappa shape index (κ2) is 8.82. The minimum atomic E-state index is 0.141. The Bertz CT molecular complexity index is 193. The highest BCUT2D eigenvalue weighted by Gasteiger charge is 2.10. The number of likely N-dealkylation sites (tertiary alicyclic amines) is 1. The molecule has 1 aliphatic heterocycles. The molecule has 1 N–H and O–H groups in total.